The minimum atomic E-state index is -0.814. The van der Waals surface area contributed by atoms with Crippen molar-refractivity contribution in [3.05, 3.63) is 53.9 Å². The average Bonchev–Trinajstić information content (AvgIpc) is 2.52. The zero-order valence-corrected chi connectivity index (χ0v) is 14.1. The molecule has 0 radical (unpaired) electrons. The van der Waals surface area contributed by atoms with E-state index in [1.54, 1.807) is 30.5 Å². The molecular formula is C18H23N3O3. The number of carbonyl (C=O) groups is 1. The highest BCUT2D eigenvalue weighted by Crippen LogP contribution is 2.20. The van der Waals surface area contributed by atoms with E-state index in [-0.39, 0.29) is 18.7 Å². The van der Waals surface area contributed by atoms with Gasteiger partial charge < -0.3 is 20.5 Å². The zero-order valence-electron chi connectivity index (χ0n) is 14.1. The summed E-state index contributed by atoms with van der Waals surface area (Å²) in [4.78, 5) is 16.0. The maximum atomic E-state index is 11.9. The van der Waals surface area contributed by atoms with Gasteiger partial charge in [0.1, 0.15) is 5.75 Å². The van der Waals surface area contributed by atoms with Gasteiger partial charge in [0, 0.05) is 24.1 Å². The minimum absolute atomic E-state index is 0.0603. The summed E-state index contributed by atoms with van der Waals surface area (Å²) in [5.41, 5.74) is 2.16. The first-order chi connectivity index (χ1) is 11.4. The molecule has 6 nitrogen and oxygen atoms in total. The number of carbonyl (C=O) groups excluding carboxylic acids is 1. The Hall–Kier alpha value is -2.60. The fraction of sp³-hybridized carbons (Fsp3) is 0.333. The summed E-state index contributed by atoms with van der Waals surface area (Å²) in [6.07, 6.45) is 0.871. The van der Waals surface area contributed by atoms with Crippen molar-refractivity contribution in [2.75, 3.05) is 11.9 Å². The van der Waals surface area contributed by atoms with Crippen molar-refractivity contribution in [2.24, 2.45) is 0 Å². The second-order valence-electron chi connectivity index (χ2n) is 5.78. The van der Waals surface area contributed by atoms with Crippen LogP contribution in [-0.2, 0) is 0 Å². The Morgan fingerprint density at radius 1 is 1.29 bits per heavy atom. The molecule has 0 bridgehead atoms. The highest BCUT2D eigenvalue weighted by molar-refractivity contribution is 5.89. The van der Waals surface area contributed by atoms with Gasteiger partial charge in [0.05, 0.1) is 12.2 Å². The van der Waals surface area contributed by atoms with Gasteiger partial charge in [-0.05, 0) is 50.6 Å². The Kier molecular flexibility index (Phi) is 6.14. The normalized spacial score (nSPS) is 11.9. The van der Waals surface area contributed by atoms with E-state index in [4.69, 9.17) is 4.74 Å². The molecule has 24 heavy (non-hydrogen) atoms. The summed E-state index contributed by atoms with van der Waals surface area (Å²) >= 11 is 0. The maximum absolute atomic E-state index is 11.9. The van der Waals surface area contributed by atoms with E-state index in [1.165, 1.54) is 0 Å². The van der Waals surface area contributed by atoms with Gasteiger partial charge in [-0.25, -0.2) is 4.79 Å². The Labute approximate surface area is 141 Å². The first-order valence-corrected chi connectivity index (χ1v) is 7.86. The molecule has 3 N–H and O–H groups in total. The number of ether oxygens (including phenoxy) is 1. The van der Waals surface area contributed by atoms with Crippen LogP contribution in [0.2, 0.25) is 0 Å². The van der Waals surface area contributed by atoms with Crippen LogP contribution in [0, 0.1) is 6.92 Å². The first kappa shape index (κ1) is 17.7. The number of benzene rings is 1. The number of nitrogens with zero attached hydrogens (tertiary/aromatic N) is 1. The molecule has 0 aliphatic carbocycles. The SMILES string of the molecule is Cc1cc(NC(=O)NC[C@@H](O)c2cccc(OC(C)C)c2)ccn1. The van der Waals surface area contributed by atoms with Crippen molar-refractivity contribution in [3.8, 4) is 5.75 Å². The number of urea groups is 1. The molecule has 1 aromatic heterocycles. The van der Waals surface area contributed by atoms with Crippen molar-refractivity contribution in [2.45, 2.75) is 33.0 Å². The predicted octanol–water partition coefficient (Wildman–Crippen LogP) is 3.03. The number of aliphatic hydroxyl groups excluding tert-OH is 1. The van der Waals surface area contributed by atoms with Crippen LogP contribution in [0.15, 0.2) is 42.6 Å². The number of pyridine rings is 1. The Morgan fingerprint density at radius 2 is 2.08 bits per heavy atom. The van der Waals surface area contributed by atoms with E-state index >= 15 is 0 Å². The second-order valence-corrected chi connectivity index (χ2v) is 5.78. The molecular weight excluding hydrogens is 306 g/mol. The van der Waals surface area contributed by atoms with E-state index in [0.29, 0.717) is 17.0 Å². The number of hydrogen-bond donors (Lipinski definition) is 3. The van der Waals surface area contributed by atoms with E-state index < -0.39 is 6.10 Å². The second kappa shape index (κ2) is 8.31. The zero-order chi connectivity index (χ0) is 17.5. The summed E-state index contributed by atoms with van der Waals surface area (Å²) in [6.45, 7) is 5.83. The molecule has 2 rings (SSSR count). The van der Waals surface area contributed by atoms with E-state index in [9.17, 15) is 9.90 Å². The first-order valence-electron chi connectivity index (χ1n) is 7.86. The van der Waals surface area contributed by atoms with E-state index in [1.807, 2.05) is 32.9 Å². The monoisotopic (exact) mass is 329 g/mol. The Balaban J connectivity index is 1.88. The van der Waals surface area contributed by atoms with Crippen molar-refractivity contribution in [1.82, 2.24) is 10.3 Å². The molecule has 6 heteroatoms. The molecule has 1 heterocycles. The third-order valence-corrected chi connectivity index (χ3v) is 3.23. The largest absolute Gasteiger partial charge is 0.491 e. The number of aryl methyl sites for hydroxylation is 1. The van der Waals surface area contributed by atoms with E-state index in [2.05, 4.69) is 15.6 Å². The van der Waals surface area contributed by atoms with Gasteiger partial charge in [0.15, 0.2) is 0 Å². The van der Waals surface area contributed by atoms with Gasteiger partial charge in [0.25, 0.3) is 0 Å². The van der Waals surface area contributed by atoms with Crippen LogP contribution >= 0.6 is 0 Å². The van der Waals surface area contributed by atoms with Gasteiger partial charge in [-0.15, -0.1) is 0 Å². The van der Waals surface area contributed by atoms with Crippen LogP contribution < -0.4 is 15.4 Å². The van der Waals surface area contributed by atoms with Crippen LogP contribution in [0.4, 0.5) is 10.5 Å². The smallest absolute Gasteiger partial charge is 0.319 e. The van der Waals surface area contributed by atoms with Gasteiger partial charge in [0.2, 0.25) is 0 Å². The summed E-state index contributed by atoms with van der Waals surface area (Å²) in [7, 11) is 0. The summed E-state index contributed by atoms with van der Waals surface area (Å²) in [5, 5.41) is 15.6. The number of aliphatic hydroxyl groups is 1. The van der Waals surface area contributed by atoms with Gasteiger partial charge in [-0.3, -0.25) is 4.98 Å². The summed E-state index contributed by atoms with van der Waals surface area (Å²) in [6, 6.07) is 10.3. The summed E-state index contributed by atoms with van der Waals surface area (Å²) in [5.74, 6) is 0.693. The maximum Gasteiger partial charge on any atom is 0.319 e. The number of amides is 2. The van der Waals surface area contributed by atoms with Crippen LogP contribution in [0.3, 0.4) is 0 Å². The number of aromatic nitrogens is 1. The minimum Gasteiger partial charge on any atom is -0.491 e. The molecule has 128 valence electrons. The number of nitrogens with one attached hydrogen (secondary N) is 2. The lowest BCUT2D eigenvalue weighted by atomic mass is 10.1. The average molecular weight is 329 g/mol. The highest BCUT2D eigenvalue weighted by Gasteiger charge is 2.11. The number of rotatable bonds is 6. The van der Waals surface area contributed by atoms with Gasteiger partial charge in [-0.1, -0.05) is 12.1 Å². The predicted molar refractivity (Wildman–Crippen MR) is 93.2 cm³/mol. The highest BCUT2D eigenvalue weighted by atomic mass is 16.5. The molecule has 2 aromatic rings. The van der Waals surface area contributed by atoms with Crippen molar-refractivity contribution < 1.29 is 14.6 Å². The molecule has 0 unspecified atom stereocenters. The topological polar surface area (TPSA) is 83.5 Å². The van der Waals surface area contributed by atoms with Crippen LogP contribution in [-0.4, -0.2) is 28.8 Å². The molecule has 1 aromatic carbocycles. The molecule has 0 saturated heterocycles. The number of hydrogen-bond acceptors (Lipinski definition) is 4. The van der Waals surface area contributed by atoms with Crippen LogP contribution in [0.25, 0.3) is 0 Å². The van der Waals surface area contributed by atoms with Gasteiger partial charge in [-0.2, -0.15) is 0 Å². The Bertz CT molecular complexity index is 689. The lowest BCUT2D eigenvalue weighted by molar-refractivity contribution is 0.174. The molecule has 0 saturated carbocycles. The molecule has 2 amide bonds. The van der Waals surface area contributed by atoms with Gasteiger partial charge >= 0.3 is 6.03 Å². The molecule has 1 atom stereocenters. The number of anilines is 1. The van der Waals surface area contributed by atoms with Crippen LogP contribution in [0.5, 0.6) is 5.75 Å². The van der Waals surface area contributed by atoms with Crippen molar-refractivity contribution in [3.63, 3.8) is 0 Å². The fourth-order valence-corrected chi connectivity index (χ4v) is 2.17. The van der Waals surface area contributed by atoms with Crippen molar-refractivity contribution in [1.29, 1.82) is 0 Å². The molecule has 0 aliphatic rings. The standard InChI is InChI=1S/C18H23N3O3/c1-12(2)24-16-6-4-5-14(10-16)17(22)11-20-18(23)21-15-7-8-19-13(3)9-15/h4-10,12,17,22H,11H2,1-3H3,(H2,19,20,21,23)/t17-/m1/s1. The third kappa shape index (κ3) is 5.55. The molecule has 0 aliphatic heterocycles. The quantitative estimate of drug-likeness (QED) is 0.760. The molecule has 0 spiro atoms. The Morgan fingerprint density at radius 3 is 2.79 bits per heavy atom. The fourth-order valence-electron chi connectivity index (χ4n) is 2.17. The van der Waals surface area contributed by atoms with Crippen molar-refractivity contribution >= 4 is 11.7 Å². The van der Waals surface area contributed by atoms with E-state index in [0.717, 1.165) is 5.69 Å². The van der Waals surface area contributed by atoms with Crippen LogP contribution in [0.1, 0.15) is 31.2 Å². The third-order valence-electron chi connectivity index (χ3n) is 3.23. The molecule has 0 fully saturated rings. The lowest BCUT2D eigenvalue weighted by Crippen LogP contribution is -2.32. The lowest BCUT2D eigenvalue weighted by Gasteiger charge is -2.15. The summed E-state index contributed by atoms with van der Waals surface area (Å²) < 4.78 is 5.60.